The molecule has 2 rings (SSSR count). The minimum absolute atomic E-state index is 0.369. The fourth-order valence-corrected chi connectivity index (χ4v) is 3.28. The van der Waals surface area contributed by atoms with Gasteiger partial charge in [-0.1, -0.05) is 0 Å². The molecular formula is C16H25NO3S. The second kappa shape index (κ2) is 7.92. The van der Waals surface area contributed by atoms with Crippen molar-refractivity contribution in [3.8, 4) is 11.5 Å². The molecule has 1 aliphatic rings. The van der Waals surface area contributed by atoms with Gasteiger partial charge in [-0.05, 0) is 38.3 Å². The van der Waals surface area contributed by atoms with Crippen molar-refractivity contribution in [3.63, 3.8) is 0 Å². The van der Waals surface area contributed by atoms with Gasteiger partial charge in [0, 0.05) is 25.3 Å². The van der Waals surface area contributed by atoms with Crippen molar-refractivity contribution in [1.29, 1.82) is 0 Å². The Bertz CT molecular complexity index is 461. The van der Waals surface area contributed by atoms with Crippen molar-refractivity contribution in [3.05, 3.63) is 17.7 Å². The molecule has 0 spiro atoms. The maximum atomic E-state index is 5.70. The summed E-state index contributed by atoms with van der Waals surface area (Å²) in [5.41, 5.74) is 1.15. The zero-order chi connectivity index (χ0) is 15.2. The van der Waals surface area contributed by atoms with Gasteiger partial charge in [-0.2, -0.15) is 0 Å². The van der Waals surface area contributed by atoms with Crippen LogP contribution < -0.4 is 9.47 Å². The van der Waals surface area contributed by atoms with E-state index in [1.165, 1.54) is 6.42 Å². The molecule has 0 N–H and O–H groups in total. The van der Waals surface area contributed by atoms with Crippen LogP contribution in [0.15, 0.2) is 17.0 Å². The SMILES string of the molecule is COc1cc(SC)c(OC)cc1CN(C)C[C@H]1CCCO1. The lowest BCUT2D eigenvalue weighted by molar-refractivity contribution is 0.0791. The Kier molecular flexibility index (Phi) is 6.21. The molecule has 1 atom stereocenters. The predicted octanol–water partition coefficient (Wildman–Crippen LogP) is 3.04. The lowest BCUT2D eigenvalue weighted by atomic mass is 10.1. The van der Waals surface area contributed by atoms with Gasteiger partial charge in [-0.15, -0.1) is 11.8 Å². The summed E-state index contributed by atoms with van der Waals surface area (Å²) < 4.78 is 16.7. The molecule has 0 aliphatic carbocycles. The Balaban J connectivity index is 2.09. The number of methoxy groups -OCH3 is 2. The molecule has 4 nitrogen and oxygen atoms in total. The minimum Gasteiger partial charge on any atom is -0.496 e. The first-order chi connectivity index (χ1) is 10.2. The zero-order valence-electron chi connectivity index (χ0n) is 13.3. The van der Waals surface area contributed by atoms with Crippen molar-refractivity contribution in [2.45, 2.75) is 30.4 Å². The Morgan fingerprint density at radius 3 is 2.62 bits per heavy atom. The van der Waals surface area contributed by atoms with Gasteiger partial charge in [0.2, 0.25) is 0 Å². The molecular weight excluding hydrogens is 286 g/mol. The van der Waals surface area contributed by atoms with Gasteiger partial charge < -0.3 is 14.2 Å². The summed E-state index contributed by atoms with van der Waals surface area (Å²) in [6.07, 6.45) is 4.75. The molecule has 0 unspecified atom stereocenters. The van der Waals surface area contributed by atoms with Gasteiger partial charge >= 0.3 is 0 Å². The smallest absolute Gasteiger partial charge is 0.132 e. The number of thioether (sulfide) groups is 1. The molecule has 5 heteroatoms. The van der Waals surface area contributed by atoms with Crippen molar-refractivity contribution in [2.24, 2.45) is 0 Å². The molecule has 1 aromatic rings. The van der Waals surface area contributed by atoms with Crippen LogP contribution in [0.5, 0.6) is 11.5 Å². The van der Waals surface area contributed by atoms with Gasteiger partial charge in [-0.25, -0.2) is 0 Å². The van der Waals surface area contributed by atoms with Crippen LogP contribution >= 0.6 is 11.8 Å². The molecule has 1 saturated heterocycles. The predicted molar refractivity (Wildman–Crippen MR) is 86.6 cm³/mol. The molecule has 0 aromatic heterocycles. The summed E-state index contributed by atoms with van der Waals surface area (Å²) in [4.78, 5) is 3.38. The van der Waals surface area contributed by atoms with Crippen LogP contribution in [-0.2, 0) is 11.3 Å². The first kappa shape index (κ1) is 16.5. The fourth-order valence-electron chi connectivity index (χ4n) is 2.71. The van der Waals surface area contributed by atoms with E-state index >= 15 is 0 Å². The zero-order valence-corrected chi connectivity index (χ0v) is 14.2. The number of nitrogens with zero attached hydrogens (tertiary/aromatic N) is 1. The molecule has 118 valence electrons. The lowest BCUT2D eigenvalue weighted by Gasteiger charge is -2.22. The number of hydrogen-bond donors (Lipinski definition) is 0. The molecule has 1 aromatic carbocycles. The van der Waals surface area contributed by atoms with Crippen molar-refractivity contribution < 1.29 is 14.2 Å². The number of benzene rings is 1. The van der Waals surface area contributed by atoms with Gasteiger partial charge in [0.1, 0.15) is 11.5 Å². The van der Waals surface area contributed by atoms with Gasteiger partial charge in [0.05, 0.1) is 25.2 Å². The summed E-state index contributed by atoms with van der Waals surface area (Å²) in [5, 5.41) is 0. The second-order valence-electron chi connectivity index (χ2n) is 5.35. The van der Waals surface area contributed by atoms with Crippen LogP contribution in [-0.4, -0.2) is 51.7 Å². The average Bonchev–Trinajstić information content (AvgIpc) is 2.99. The summed E-state index contributed by atoms with van der Waals surface area (Å²) in [7, 11) is 5.55. The fraction of sp³-hybridized carbons (Fsp3) is 0.625. The first-order valence-electron chi connectivity index (χ1n) is 7.27. The summed E-state index contributed by atoms with van der Waals surface area (Å²) in [5.74, 6) is 1.82. The van der Waals surface area contributed by atoms with Crippen LogP contribution in [0, 0.1) is 0 Å². The molecule has 0 amide bonds. The van der Waals surface area contributed by atoms with E-state index in [9.17, 15) is 0 Å². The average molecular weight is 311 g/mol. The number of rotatable bonds is 7. The number of hydrogen-bond acceptors (Lipinski definition) is 5. The van der Waals surface area contributed by atoms with Crippen molar-refractivity contribution in [2.75, 3.05) is 40.7 Å². The molecule has 1 fully saturated rings. The van der Waals surface area contributed by atoms with E-state index in [1.807, 2.05) is 6.26 Å². The van der Waals surface area contributed by atoms with Crippen LogP contribution in [0.1, 0.15) is 18.4 Å². The van der Waals surface area contributed by atoms with E-state index in [-0.39, 0.29) is 0 Å². The minimum atomic E-state index is 0.369. The van der Waals surface area contributed by atoms with Crippen molar-refractivity contribution in [1.82, 2.24) is 4.90 Å². The highest BCUT2D eigenvalue weighted by atomic mass is 32.2. The number of ether oxygens (including phenoxy) is 3. The van der Waals surface area contributed by atoms with E-state index in [0.717, 1.165) is 48.1 Å². The lowest BCUT2D eigenvalue weighted by Crippen LogP contribution is -2.28. The largest absolute Gasteiger partial charge is 0.496 e. The van der Waals surface area contributed by atoms with Gasteiger partial charge in [0.25, 0.3) is 0 Å². The molecule has 0 saturated carbocycles. The Hall–Kier alpha value is -0.910. The first-order valence-corrected chi connectivity index (χ1v) is 8.49. The van der Waals surface area contributed by atoms with Crippen LogP contribution in [0.3, 0.4) is 0 Å². The highest BCUT2D eigenvalue weighted by molar-refractivity contribution is 7.98. The van der Waals surface area contributed by atoms with Gasteiger partial charge in [-0.3, -0.25) is 4.90 Å². The third kappa shape index (κ3) is 4.28. The summed E-state index contributed by atoms with van der Waals surface area (Å²) in [6.45, 7) is 2.68. The van der Waals surface area contributed by atoms with E-state index in [0.29, 0.717) is 6.10 Å². The molecule has 21 heavy (non-hydrogen) atoms. The van der Waals surface area contributed by atoms with E-state index in [4.69, 9.17) is 14.2 Å². The molecule has 1 heterocycles. The summed E-state index contributed by atoms with van der Waals surface area (Å²) in [6, 6.07) is 4.13. The van der Waals surface area contributed by atoms with Crippen LogP contribution in [0.4, 0.5) is 0 Å². The Morgan fingerprint density at radius 2 is 2.05 bits per heavy atom. The Morgan fingerprint density at radius 1 is 1.29 bits per heavy atom. The standard InChI is InChI=1S/C16H25NO3S/c1-17(11-13-6-5-7-20-13)10-12-8-15(19-3)16(21-4)9-14(12)18-2/h8-9,13H,5-7,10-11H2,1-4H3/t13-/m1/s1. The van der Waals surface area contributed by atoms with Gasteiger partial charge in [0.15, 0.2) is 0 Å². The third-order valence-corrected chi connectivity index (χ3v) is 4.53. The van der Waals surface area contributed by atoms with E-state index in [2.05, 4.69) is 24.1 Å². The number of likely N-dealkylation sites (N-methyl/N-ethyl adjacent to an activating group) is 1. The molecule has 0 bridgehead atoms. The molecule has 0 radical (unpaired) electrons. The van der Waals surface area contributed by atoms with Crippen molar-refractivity contribution >= 4 is 11.8 Å². The normalized spacial score (nSPS) is 18.2. The topological polar surface area (TPSA) is 30.9 Å². The van der Waals surface area contributed by atoms with E-state index in [1.54, 1.807) is 26.0 Å². The van der Waals surface area contributed by atoms with E-state index < -0.39 is 0 Å². The summed E-state index contributed by atoms with van der Waals surface area (Å²) >= 11 is 1.66. The third-order valence-electron chi connectivity index (χ3n) is 3.77. The maximum Gasteiger partial charge on any atom is 0.132 e. The highest BCUT2D eigenvalue weighted by Crippen LogP contribution is 2.35. The van der Waals surface area contributed by atoms with Crippen LogP contribution in [0.25, 0.3) is 0 Å². The van der Waals surface area contributed by atoms with Crippen LogP contribution in [0.2, 0.25) is 0 Å². The quantitative estimate of drug-likeness (QED) is 0.722. The molecule has 1 aliphatic heterocycles. The maximum absolute atomic E-state index is 5.70. The second-order valence-corrected chi connectivity index (χ2v) is 6.20. The Labute approximate surface area is 131 Å². The highest BCUT2D eigenvalue weighted by Gasteiger charge is 2.19. The monoisotopic (exact) mass is 311 g/mol.